The van der Waals surface area contributed by atoms with Crippen molar-refractivity contribution in [2.24, 2.45) is 5.10 Å². The zero-order chi connectivity index (χ0) is 17.9. The van der Waals surface area contributed by atoms with E-state index in [1.807, 2.05) is 54.8 Å². The van der Waals surface area contributed by atoms with Gasteiger partial charge in [-0.05, 0) is 37.3 Å². The fraction of sp³-hybridized carbons (Fsp3) is 0.105. The van der Waals surface area contributed by atoms with Crippen molar-refractivity contribution in [2.45, 2.75) is 6.92 Å². The zero-order valence-electron chi connectivity index (χ0n) is 13.9. The Bertz CT molecular complexity index is 1020. The summed E-state index contributed by atoms with van der Waals surface area (Å²) in [4.78, 5) is 4.53. The molecular weight excluding hydrogens is 348 g/mol. The van der Waals surface area contributed by atoms with E-state index < -0.39 is 0 Å². The molecule has 1 aromatic heterocycles. The van der Waals surface area contributed by atoms with Gasteiger partial charge in [-0.1, -0.05) is 17.7 Å². The van der Waals surface area contributed by atoms with E-state index in [-0.39, 0.29) is 12.5 Å². The van der Waals surface area contributed by atoms with Gasteiger partial charge in [0.05, 0.1) is 11.4 Å². The van der Waals surface area contributed by atoms with Crippen LogP contribution in [-0.4, -0.2) is 17.5 Å². The van der Waals surface area contributed by atoms with Crippen LogP contribution in [0.3, 0.4) is 0 Å². The molecule has 0 fully saturated rings. The minimum Gasteiger partial charge on any atom is -0.454 e. The maximum atomic E-state index is 9.42. The van der Waals surface area contributed by atoms with E-state index in [2.05, 4.69) is 21.6 Å². The predicted octanol–water partition coefficient (Wildman–Crippen LogP) is 4.19. The number of nitriles is 1. The minimum absolute atomic E-state index is 0.233. The second kappa shape index (κ2) is 6.86. The molecule has 0 radical (unpaired) electrons. The molecule has 0 spiro atoms. The Morgan fingerprint density at radius 3 is 2.81 bits per heavy atom. The van der Waals surface area contributed by atoms with Gasteiger partial charge < -0.3 is 9.47 Å². The van der Waals surface area contributed by atoms with E-state index in [9.17, 15) is 5.26 Å². The SMILES string of the molecule is Cc1ccc(N/N=C(/C#N)c2nc(-c3ccc4c(c3)OCO4)cs2)cc1. The van der Waals surface area contributed by atoms with E-state index in [0.29, 0.717) is 10.8 Å². The van der Waals surface area contributed by atoms with E-state index in [1.54, 1.807) is 0 Å². The van der Waals surface area contributed by atoms with Gasteiger partial charge in [-0.25, -0.2) is 4.98 Å². The monoisotopic (exact) mass is 362 g/mol. The predicted molar refractivity (Wildman–Crippen MR) is 101 cm³/mol. The highest BCUT2D eigenvalue weighted by atomic mass is 32.1. The topological polar surface area (TPSA) is 79.5 Å². The van der Waals surface area contributed by atoms with Crippen LogP contribution < -0.4 is 14.9 Å². The van der Waals surface area contributed by atoms with Gasteiger partial charge in [0.1, 0.15) is 6.07 Å². The van der Waals surface area contributed by atoms with E-state index in [0.717, 1.165) is 28.3 Å². The van der Waals surface area contributed by atoms with Crippen LogP contribution in [0.1, 0.15) is 10.6 Å². The van der Waals surface area contributed by atoms with E-state index in [4.69, 9.17) is 9.47 Å². The largest absolute Gasteiger partial charge is 0.454 e. The number of nitrogens with one attached hydrogen (secondary N) is 1. The number of hydrazone groups is 1. The molecule has 1 aliphatic heterocycles. The molecule has 7 heteroatoms. The molecule has 1 aliphatic rings. The molecule has 26 heavy (non-hydrogen) atoms. The van der Waals surface area contributed by atoms with Crippen LogP contribution in [0.5, 0.6) is 11.5 Å². The molecule has 2 heterocycles. The standard InChI is InChI=1S/C19H14N4O2S/c1-12-2-5-14(6-3-12)22-23-15(9-20)19-21-16(10-26-19)13-4-7-17-18(8-13)25-11-24-17/h2-8,10,22H,11H2,1H3/b23-15-. The molecule has 0 amide bonds. The lowest BCUT2D eigenvalue weighted by Gasteiger charge is -2.01. The molecule has 6 nitrogen and oxygen atoms in total. The molecule has 128 valence electrons. The second-order valence-electron chi connectivity index (χ2n) is 5.66. The molecule has 0 unspecified atom stereocenters. The van der Waals surface area contributed by atoms with Crippen LogP contribution in [0, 0.1) is 18.3 Å². The summed E-state index contributed by atoms with van der Waals surface area (Å²) >= 11 is 1.37. The molecule has 0 aliphatic carbocycles. The molecular formula is C19H14N4O2S. The summed E-state index contributed by atoms with van der Waals surface area (Å²) in [6.07, 6.45) is 0. The van der Waals surface area contributed by atoms with Crippen molar-refractivity contribution in [1.82, 2.24) is 4.98 Å². The molecule has 0 bridgehead atoms. The average Bonchev–Trinajstić information content (AvgIpc) is 3.32. The van der Waals surface area contributed by atoms with Crippen LogP contribution in [0.25, 0.3) is 11.3 Å². The minimum atomic E-state index is 0.233. The Morgan fingerprint density at radius 2 is 2.00 bits per heavy atom. The fourth-order valence-electron chi connectivity index (χ4n) is 2.44. The van der Waals surface area contributed by atoms with Crippen molar-refractivity contribution in [3.8, 4) is 28.8 Å². The number of hydrogen-bond acceptors (Lipinski definition) is 7. The number of rotatable bonds is 4. The van der Waals surface area contributed by atoms with Crippen molar-refractivity contribution in [2.75, 3.05) is 12.2 Å². The number of thiazole rings is 1. The number of ether oxygens (including phenoxy) is 2. The maximum Gasteiger partial charge on any atom is 0.231 e. The van der Waals surface area contributed by atoms with Gasteiger partial charge in [-0.3, -0.25) is 5.43 Å². The lowest BCUT2D eigenvalue weighted by molar-refractivity contribution is 0.174. The molecule has 1 N–H and O–H groups in total. The van der Waals surface area contributed by atoms with Gasteiger partial charge in [0.15, 0.2) is 22.2 Å². The number of anilines is 1. The molecule has 0 saturated heterocycles. The van der Waals surface area contributed by atoms with Crippen LogP contribution in [-0.2, 0) is 0 Å². The molecule has 0 saturated carbocycles. The Morgan fingerprint density at radius 1 is 1.19 bits per heavy atom. The van der Waals surface area contributed by atoms with Crippen LogP contribution in [0.15, 0.2) is 52.9 Å². The highest BCUT2D eigenvalue weighted by molar-refractivity contribution is 7.12. The van der Waals surface area contributed by atoms with Crippen molar-refractivity contribution >= 4 is 22.7 Å². The van der Waals surface area contributed by atoms with Crippen molar-refractivity contribution in [3.63, 3.8) is 0 Å². The highest BCUT2D eigenvalue weighted by Crippen LogP contribution is 2.36. The molecule has 3 aromatic rings. The fourth-order valence-corrected chi connectivity index (χ4v) is 3.21. The first-order valence-corrected chi connectivity index (χ1v) is 8.77. The van der Waals surface area contributed by atoms with Crippen molar-refractivity contribution < 1.29 is 9.47 Å². The first-order chi connectivity index (χ1) is 12.7. The van der Waals surface area contributed by atoms with Gasteiger partial charge in [0, 0.05) is 10.9 Å². The summed E-state index contributed by atoms with van der Waals surface area (Å²) in [6.45, 7) is 2.25. The summed E-state index contributed by atoms with van der Waals surface area (Å²) in [7, 11) is 0. The Labute approximate surface area is 154 Å². The van der Waals surface area contributed by atoms with Gasteiger partial charge in [-0.2, -0.15) is 10.4 Å². The number of benzene rings is 2. The third kappa shape index (κ3) is 3.23. The third-order valence-corrected chi connectivity index (χ3v) is 4.68. The quantitative estimate of drug-likeness (QED) is 0.556. The zero-order valence-corrected chi connectivity index (χ0v) is 14.7. The first kappa shape index (κ1) is 16.1. The normalized spacial score (nSPS) is 12.7. The summed E-state index contributed by atoms with van der Waals surface area (Å²) in [5.74, 6) is 1.43. The number of hydrogen-bond donors (Lipinski definition) is 1. The van der Waals surface area contributed by atoms with Gasteiger partial charge in [-0.15, -0.1) is 11.3 Å². The summed E-state index contributed by atoms with van der Waals surface area (Å²) in [6, 6.07) is 15.5. The van der Waals surface area contributed by atoms with Crippen LogP contribution >= 0.6 is 11.3 Å². The average molecular weight is 362 g/mol. The Kier molecular flexibility index (Phi) is 4.25. The molecule has 2 aromatic carbocycles. The summed E-state index contributed by atoms with van der Waals surface area (Å²) < 4.78 is 10.7. The lowest BCUT2D eigenvalue weighted by Crippen LogP contribution is -2.01. The van der Waals surface area contributed by atoms with Crippen LogP contribution in [0.2, 0.25) is 0 Å². The molecule has 0 atom stereocenters. The first-order valence-electron chi connectivity index (χ1n) is 7.89. The summed E-state index contributed by atoms with van der Waals surface area (Å²) in [5, 5.41) is 16.1. The van der Waals surface area contributed by atoms with E-state index in [1.165, 1.54) is 11.3 Å². The lowest BCUT2D eigenvalue weighted by atomic mass is 10.1. The van der Waals surface area contributed by atoms with Gasteiger partial charge >= 0.3 is 0 Å². The number of aryl methyl sites for hydroxylation is 1. The van der Waals surface area contributed by atoms with Crippen molar-refractivity contribution in [1.29, 1.82) is 5.26 Å². The number of nitrogens with zero attached hydrogens (tertiary/aromatic N) is 3. The molecule has 4 rings (SSSR count). The van der Waals surface area contributed by atoms with Gasteiger partial charge in [0.2, 0.25) is 6.79 Å². The number of aromatic nitrogens is 1. The van der Waals surface area contributed by atoms with Crippen LogP contribution in [0.4, 0.5) is 5.69 Å². The Balaban J connectivity index is 1.56. The second-order valence-corrected chi connectivity index (χ2v) is 6.51. The van der Waals surface area contributed by atoms with Gasteiger partial charge in [0.25, 0.3) is 0 Å². The maximum absolute atomic E-state index is 9.42. The highest BCUT2D eigenvalue weighted by Gasteiger charge is 2.16. The van der Waals surface area contributed by atoms with Crippen molar-refractivity contribution in [3.05, 3.63) is 58.4 Å². The third-order valence-electron chi connectivity index (χ3n) is 3.83. The number of fused-ring (bicyclic) bond motifs is 1. The smallest absolute Gasteiger partial charge is 0.231 e. The Hall–Kier alpha value is -3.37. The van der Waals surface area contributed by atoms with E-state index >= 15 is 0 Å². The summed E-state index contributed by atoms with van der Waals surface area (Å²) in [5.41, 5.74) is 6.78.